The molecule has 4 fully saturated rings. The molecule has 10 atom stereocenters. The van der Waals surface area contributed by atoms with Crippen LogP contribution in [0.5, 0.6) is 0 Å². The Morgan fingerprint density at radius 1 is 1.23 bits per heavy atom. The van der Waals surface area contributed by atoms with Crippen LogP contribution in [0.15, 0.2) is 5.11 Å². The van der Waals surface area contributed by atoms with Crippen molar-refractivity contribution in [1.29, 1.82) is 0 Å². The first-order valence-electron chi connectivity index (χ1n) is 8.82. The summed E-state index contributed by atoms with van der Waals surface area (Å²) in [5.41, 5.74) is 11.7. The highest BCUT2D eigenvalue weighted by Gasteiger charge is 2.73. The molecule has 4 aliphatic carbocycles. The third-order valence-electron chi connectivity index (χ3n) is 7.21. The van der Waals surface area contributed by atoms with Gasteiger partial charge in [0.2, 0.25) is 0 Å². The fourth-order valence-electron chi connectivity index (χ4n) is 5.56. The van der Waals surface area contributed by atoms with Crippen LogP contribution in [0.1, 0.15) is 26.7 Å². The van der Waals surface area contributed by atoms with Crippen molar-refractivity contribution in [3.8, 4) is 0 Å². The Balaban J connectivity index is 0.000000152. The number of aliphatic hydroxyl groups excluding tert-OH is 3. The molecule has 4 rings (SSSR count). The predicted molar refractivity (Wildman–Crippen MR) is 88.2 cm³/mol. The van der Waals surface area contributed by atoms with E-state index in [-0.39, 0.29) is 12.3 Å². The Hall–Kier alpha value is -1.42. The minimum Gasteiger partial charge on any atom is -0.480 e. The van der Waals surface area contributed by atoms with Gasteiger partial charge >= 0.3 is 5.97 Å². The average Bonchev–Trinajstić information content (AvgIpc) is 3.36. The number of carboxylic acid groups (broad SMARTS) is 1. The van der Waals surface area contributed by atoms with E-state index in [1.54, 1.807) is 0 Å². The van der Waals surface area contributed by atoms with Crippen LogP contribution in [-0.2, 0) is 4.79 Å². The number of carboxylic acids is 1. The second kappa shape index (κ2) is 6.05. The molecule has 0 aromatic rings. The van der Waals surface area contributed by atoms with Crippen LogP contribution < -0.4 is 5.73 Å². The first-order chi connectivity index (χ1) is 12.0. The molecule has 7 N–H and O–H groups in total. The Morgan fingerprint density at radius 3 is 2.27 bits per heavy atom. The van der Waals surface area contributed by atoms with E-state index in [4.69, 9.17) is 26.6 Å². The Morgan fingerprint density at radius 2 is 1.81 bits per heavy atom. The fourth-order valence-corrected chi connectivity index (χ4v) is 5.56. The van der Waals surface area contributed by atoms with Gasteiger partial charge in [-0.15, -0.1) is 0 Å². The molecule has 0 radical (unpaired) electrons. The zero-order valence-corrected chi connectivity index (χ0v) is 14.7. The highest BCUT2D eigenvalue weighted by atomic mass is 16.5. The van der Waals surface area contributed by atoms with Crippen LogP contribution in [0.25, 0.3) is 10.4 Å². The van der Waals surface area contributed by atoms with Crippen LogP contribution in [-0.4, -0.2) is 61.1 Å². The summed E-state index contributed by atoms with van der Waals surface area (Å²) in [7, 11) is 0. The summed E-state index contributed by atoms with van der Waals surface area (Å²) in [6.45, 7) is 4.03. The lowest BCUT2D eigenvalue weighted by Gasteiger charge is -2.27. The van der Waals surface area contributed by atoms with Crippen molar-refractivity contribution in [2.75, 3.05) is 0 Å². The number of hydrogen-bond donors (Lipinski definition) is 6. The number of rotatable bonds is 3. The minimum atomic E-state index is -1.71. The molecule has 146 valence electrons. The topological polar surface area (TPSA) is 193 Å². The zero-order chi connectivity index (χ0) is 19.6. The van der Waals surface area contributed by atoms with Gasteiger partial charge in [0, 0.05) is 16.7 Å². The maximum Gasteiger partial charge on any atom is 0.326 e. The summed E-state index contributed by atoms with van der Waals surface area (Å²) in [6.07, 6.45) is -2.03. The van der Waals surface area contributed by atoms with E-state index in [9.17, 15) is 15.0 Å². The fraction of sp³-hybridized carbons (Fsp3) is 0.938. The maximum absolute atomic E-state index is 10.9. The molecule has 4 aliphatic rings. The number of aliphatic carboxylic acids is 1. The lowest BCUT2D eigenvalue weighted by molar-refractivity contribution is -0.149. The predicted octanol–water partition coefficient (Wildman–Crippen LogP) is -0.592. The molecule has 0 aromatic carbocycles. The van der Waals surface area contributed by atoms with Crippen molar-refractivity contribution in [2.24, 2.45) is 46.4 Å². The number of nitrogens with two attached hydrogens (primary N) is 1. The van der Waals surface area contributed by atoms with E-state index in [0.29, 0.717) is 17.8 Å². The summed E-state index contributed by atoms with van der Waals surface area (Å²) in [5.74, 6) is -0.830. The summed E-state index contributed by atoms with van der Waals surface area (Å²) in [5, 5.41) is 49.6. The smallest absolute Gasteiger partial charge is 0.326 e. The second-order valence-corrected chi connectivity index (χ2v) is 8.39. The molecule has 0 heterocycles. The van der Waals surface area contributed by atoms with Gasteiger partial charge in [-0.1, -0.05) is 19.0 Å². The summed E-state index contributed by atoms with van der Waals surface area (Å²) >= 11 is 0. The Labute approximate surface area is 150 Å². The molecule has 9 unspecified atom stereocenters. The first kappa shape index (κ1) is 19.3. The van der Waals surface area contributed by atoms with E-state index in [1.165, 1.54) is 0 Å². The molecule has 10 heteroatoms. The van der Waals surface area contributed by atoms with E-state index >= 15 is 0 Å². The molecule has 0 aromatic heterocycles. The SMILES string of the molecule is C[C@H]1C2CC(O)C(C)(N=[N+]=[N-])C21.NC1(C(=O)O)C(O)CC2C(C(O)O)C21. The van der Waals surface area contributed by atoms with Gasteiger partial charge in [-0.2, -0.15) is 0 Å². The summed E-state index contributed by atoms with van der Waals surface area (Å²) < 4.78 is 0. The third-order valence-corrected chi connectivity index (χ3v) is 7.21. The van der Waals surface area contributed by atoms with Gasteiger partial charge < -0.3 is 31.3 Å². The Kier molecular flexibility index (Phi) is 4.50. The van der Waals surface area contributed by atoms with E-state index in [2.05, 4.69) is 16.9 Å². The number of fused-ring (bicyclic) bond motifs is 2. The van der Waals surface area contributed by atoms with E-state index < -0.39 is 47.4 Å². The van der Waals surface area contributed by atoms with Crippen LogP contribution >= 0.6 is 0 Å². The number of aliphatic hydroxyl groups is 4. The average molecular weight is 370 g/mol. The maximum atomic E-state index is 10.9. The molecule has 4 saturated carbocycles. The van der Waals surface area contributed by atoms with Gasteiger partial charge in [-0.3, -0.25) is 4.79 Å². The highest BCUT2D eigenvalue weighted by molar-refractivity contribution is 5.81. The summed E-state index contributed by atoms with van der Waals surface area (Å²) in [4.78, 5) is 13.7. The molecule has 0 saturated heterocycles. The number of nitrogens with zero attached hydrogens (tertiary/aromatic N) is 3. The van der Waals surface area contributed by atoms with E-state index in [0.717, 1.165) is 6.42 Å². The van der Waals surface area contributed by atoms with Crippen LogP contribution in [0.4, 0.5) is 0 Å². The lowest BCUT2D eigenvalue weighted by Crippen LogP contribution is -2.58. The number of carbonyl (C=O) groups is 1. The normalized spacial score (nSPS) is 53.1. The van der Waals surface area contributed by atoms with Gasteiger partial charge in [-0.05, 0) is 42.0 Å². The van der Waals surface area contributed by atoms with Crippen molar-refractivity contribution < 1.29 is 30.3 Å². The first-order valence-corrected chi connectivity index (χ1v) is 8.82. The molecular weight excluding hydrogens is 344 g/mol. The molecule has 0 amide bonds. The third kappa shape index (κ3) is 2.52. The van der Waals surface area contributed by atoms with Gasteiger partial charge in [0.1, 0.15) is 5.54 Å². The van der Waals surface area contributed by atoms with Crippen molar-refractivity contribution in [3.05, 3.63) is 10.4 Å². The van der Waals surface area contributed by atoms with Gasteiger partial charge in [0.15, 0.2) is 6.29 Å². The monoisotopic (exact) mass is 370 g/mol. The van der Waals surface area contributed by atoms with Crippen molar-refractivity contribution in [1.82, 2.24) is 0 Å². The van der Waals surface area contributed by atoms with Crippen molar-refractivity contribution >= 4 is 5.97 Å². The minimum absolute atomic E-state index is 0.175. The number of hydrogen-bond acceptors (Lipinski definition) is 7. The van der Waals surface area contributed by atoms with Gasteiger partial charge in [0.05, 0.1) is 17.7 Å². The van der Waals surface area contributed by atoms with Crippen LogP contribution in [0.3, 0.4) is 0 Å². The summed E-state index contributed by atoms with van der Waals surface area (Å²) in [6, 6.07) is 0. The second-order valence-electron chi connectivity index (χ2n) is 8.39. The van der Waals surface area contributed by atoms with Crippen LogP contribution in [0, 0.1) is 35.5 Å². The quantitative estimate of drug-likeness (QED) is 0.165. The molecular formula is C16H26N4O6. The lowest BCUT2D eigenvalue weighted by atomic mass is 9.89. The molecule has 10 nitrogen and oxygen atoms in total. The van der Waals surface area contributed by atoms with Gasteiger partial charge in [0.25, 0.3) is 0 Å². The molecule has 0 bridgehead atoms. The standard InChI is InChI=1S/C8H13N3O.C8H13NO5/c1-4-5-3-6(12)8(2,7(4)5)10-11-9;9-8(7(13)14)3(10)1-2-4(5(2)8)6(11)12/h4-7,12H,3H2,1-2H3;2-6,10-12H,1,9H2,(H,13,14)/t4-,5?,6?,7?,8?;/m0./s1. The van der Waals surface area contributed by atoms with Crippen molar-refractivity contribution in [3.63, 3.8) is 0 Å². The van der Waals surface area contributed by atoms with Gasteiger partial charge in [-0.25, -0.2) is 0 Å². The largest absolute Gasteiger partial charge is 0.480 e. The molecule has 26 heavy (non-hydrogen) atoms. The van der Waals surface area contributed by atoms with E-state index in [1.807, 2.05) is 6.92 Å². The Bertz CT molecular complexity index is 655. The molecule has 0 spiro atoms. The van der Waals surface area contributed by atoms with Crippen molar-refractivity contribution in [2.45, 2.75) is 56.3 Å². The highest BCUT2D eigenvalue weighted by Crippen LogP contribution is 2.63. The number of azide groups is 1. The zero-order valence-electron chi connectivity index (χ0n) is 14.7. The van der Waals surface area contributed by atoms with Crippen LogP contribution in [0.2, 0.25) is 0 Å². The molecule has 0 aliphatic heterocycles.